The average Bonchev–Trinajstić information content (AvgIpc) is 3.11. The van der Waals surface area contributed by atoms with Gasteiger partial charge in [-0.25, -0.2) is 4.98 Å². The third-order valence-electron chi connectivity index (χ3n) is 4.82. The highest BCUT2D eigenvalue weighted by atomic mass is 16.5. The molecule has 3 rings (SSSR count). The van der Waals surface area contributed by atoms with Gasteiger partial charge in [0.25, 0.3) is 0 Å². The standard InChI is InChI=1S/C18H25N3O2/c1-14-6-8-20(11-17(14)21-9-7-19-13-21)12-18(22)15-4-3-5-16(10-15)23-2/h3-5,7,9-10,13-14,17-18,22H,6,8,11-12H2,1-2H3. The maximum atomic E-state index is 10.6. The van der Waals surface area contributed by atoms with Gasteiger partial charge >= 0.3 is 0 Å². The summed E-state index contributed by atoms with van der Waals surface area (Å²) in [6.45, 7) is 4.90. The zero-order chi connectivity index (χ0) is 16.2. The molecule has 5 nitrogen and oxygen atoms in total. The van der Waals surface area contributed by atoms with Gasteiger partial charge in [0.1, 0.15) is 5.75 Å². The van der Waals surface area contributed by atoms with Crippen molar-refractivity contribution in [2.45, 2.75) is 25.5 Å². The van der Waals surface area contributed by atoms with Crippen LogP contribution in [0, 0.1) is 5.92 Å². The maximum absolute atomic E-state index is 10.6. The Morgan fingerprint density at radius 3 is 3.04 bits per heavy atom. The summed E-state index contributed by atoms with van der Waals surface area (Å²) in [5.74, 6) is 1.40. The Balaban J connectivity index is 1.65. The van der Waals surface area contributed by atoms with Crippen molar-refractivity contribution >= 4 is 0 Å². The molecule has 0 spiro atoms. The molecule has 1 N–H and O–H groups in total. The number of aliphatic hydroxyl groups is 1. The minimum atomic E-state index is -0.498. The molecule has 3 atom stereocenters. The normalized spacial score (nSPS) is 23.6. The molecule has 1 fully saturated rings. The number of β-amino-alcohol motifs (C(OH)–C–C–N with tert-alkyl or cyclic N) is 1. The van der Waals surface area contributed by atoms with Crippen molar-refractivity contribution < 1.29 is 9.84 Å². The summed E-state index contributed by atoms with van der Waals surface area (Å²) in [6, 6.07) is 8.10. The predicted octanol–water partition coefficient (Wildman–Crippen LogP) is 2.51. The molecule has 2 aromatic rings. The van der Waals surface area contributed by atoms with Gasteiger partial charge in [0, 0.05) is 31.5 Å². The molecule has 1 aliphatic heterocycles. The van der Waals surface area contributed by atoms with E-state index in [9.17, 15) is 5.11 Å². The molecule has 0 radical (unpaired) electrons. The lowest BCUT2D eigenvalue weighted by Gasteiger charge is -2.38. The number of rotatable bonds is 5. The molecule has 1 aromatic heterocycles. The summed E-state index contributed by atoms with van der Waals surface area (Å²) < 4.78 is 7.43. The van der Waals surface area contributed by atoms with E-state index in [1.165, 1.54) is 0 Å². The molecule has 23 heavy (non-hydrogen) atoms. The van der Waals surface area contributed by atoms with Crippen LogP contribution in [0.3, 0.4) is 0 Å². The van der Waals surface area contributed by atoms with Gasteiger partial charge in [0.15, 0.2) is 0 Å². The van der Waals surface area contributed by atoms with Gasteiger partial charge in [0.2, 0.25) is 0 Å². The molecule has 0 aliphatic carbocycles. The van der Waals surface area contributed by atoms with Crippen LogP contribution in [-0.2, 0) is 0 Å². The van der Waals surface area contributed by atoms with Crippen molar-refractivity contribution in [1.82, 2.24) is 14.5 Å². The highest BCUT2D eigenvalue weighted by Crippen LogP contribution is 2.29. The third kappa shape index (κ3) is 3.74. The Bertz CT molecular complexity index is 614. The molecular weight excluding hydrogens is 290 g/mol. The number of hydrogen-bond acceptors (Lipinski definition) is 4. The van der Waals surface area contributed by atoms with E-state index >= 15 is 0 Å². The topological polar surface area (TPSA) is 50.5 Å². The predicted molar refractivity (Wildman–Crippen MR) is 89.4 cm³/mol. The fourth-order valence-corrected chi connectivity index (χ4v) is 3.33. The van der Waals surface area contributed by atoms with Crippen molar-refractivity contribution in [3.8, 4) is 5.75 Å². The molecule has 5 heteroatoms. The van der Waals surface area contributed by atoms with E-state index in [1.807, 2.05) is 43.0 Å². The number of benzene rings is 1. The van der Waals surface area contributed by atoms with Crippen molar-refractivity contribution in [1.29, 1.82) is 0 Å². The molecular formula is C18H25N3O2. The van der Waals surface area contributed by atoms with Crippen LogP contribution in [0.4, 0.5) is 0 Å². The van der Waals surface area contributed by atoms with Gasteiger partial charge in [-0.3, -0.25) is 4.90 Å². The first kappa shape index (κ1) is 16.0. The fourth-order valence-electron chi connectivity index (χ4n) is 3.33. The second-order valence-corrected chi connectivity index (χ2v) is 6.40. The lowest BCUT2D eigenvalue weighted by atomic mass is 9.93. The van der Waals surface area contributed by atoms with Crippen molar-refractivity contribution in [3.63, 3.8) is 0 Å². The number of piperidine rings is 1. The van der Waals surface area contributed by atoms with E-state index in [0.717, 1.165) is 30.8 Å². The van der Waals surface area contributed by atoms with E-state index in [1.54, 1.807) is 7.11 Å². The van der Waals surface area contributed by atoms with Gasteiger partial charge in [-0.05, 0) is 36.6 Å². The number of nitrogens with zero attached hydrogens (tertiary/aromatic N) is 3. The van der Waals surface area contributed by atoms with Crippen LogP contribution in [0.1, 0.15) is 31.1 Å². The summed E-state index contributed by atoms with van der Waals surface area (Å²) in [5.41, 5.74) is 0.905. The first-order valence-corrected chi connectivity index (χ1v) is 8.19. The zero-order valence-electron chi connectivity index (χ0n) is 13.8. The Morgan fingerprint density at radius 1 is 1.43 bits per heavy atom. The lowest BCUT2D eigenvalue weighted by molar-refractivity contribution is 0.0685. The summed E-state index contributed by atoms with van der Waals surface area (Å²) in [5, 5.41) is 10.6. The minimum Gasteiger partial charge on any atom is -0.497 e. The molecule has 1 aliphatic rings. The lowest BCUT2D eigenvalue weighted by Crippen LogP contribution is -2.42. The number of methoxy groups -OCH3 is 1. The van der Waals surface area contributed by atoms with Gasteiger partial charge < -0.3 is 14.4 Å². The first-order chi connectivity index (χ1) is 11.2. The van der Waals surface area contributed by atoms with Crippen LogP contribution in [0.25, 0.3) is 0 Å². The average molecular weight is 315 g/mol. The molecule has 1 aromatic carbocycles. The van der Waals surface area contributed by atoms with Gasteiger partial charge in [-0.15, -0.1) is 0 Å². The largest absolute Gasteiger partial charge is 0.497 e. The van der Waals surface area contributed by atoms with Crippen LogP contribution in [0.5, 0.6) is 5.75 Å². The number of hydrogen-bond donors (Lipinski definition) is 1. The quantitative estimate of drug-likeness (QED) is 0.921. The van der Waals surface area contributed by atoms with E-state index in [2.05, 4.69) is 21.4 Å². The first-order valence-electron chi connectivity index (χ1n) is 8.19. The second kappa shape index (κ2) is 7.15. The van der Waals surface area contributed by atoms with Crippen LogP contribution < -0.4 is 4.74 Å². The van der Waals surface area contributed by atoms with Crippen molar-refractivity contribution in [3.05, 3.63) is 48.5 Å². The number of aromatic nitrogens is 2. The summed E-state index contributed by atoms with van der Waals surface area (Å²) >= 11 is 0. The zero-order valence-corrected chi connectivity index (χ0v) is 13.8. The Morgan fingerprint density at radius 2 is 2.30 bits per heavy atom. The molecule has 0 amide bonds. The summed E-state index contributed by atoms with van der Waals surface area (Å²) in [4.78, 5) is 6.51. The van der Waals surface area contributed by atoms with Gasteiger partial charge in [0.05, 0.1) is 19.5 Å². The van der Waals surface area contributed by atoms with Crippen LogP contribution >= 0.6 is 0 Å². The van der Waals surface area contributed by atoms with Crippen molar-refractivity contribution in [2.24, 2.45) is 5.92 Å². The van der Waals surface area contributed by atoms with Gasteiger partial charge in [-0.1, -0.05) is 19.1 Å². The highest BCUT2D eigenvalue weighted by Gasteiger charge is 2.28. The Labute approximate surface area is 137 Å². The molecule has 124 valence electrons. The van der Waals surface area contributed by atoms with E-state index in [-0.39, 0.29) is 0 Å². The summed E-state index contributed by atoms with van der Waals surface area (Å²) in [6.07, 6.45) is 6.39. The highest BCUT2D eigenvalue weighted by molar-refractivity contribution is 5.29. The summed E-state index contributed by atoms with van der Waals surface area (Å²) in [7, 11) is 1.65. The minimum absolute atomic E-state index is 0.420. The van der Waals surface area contributed by atoms with Crippen LogP contribution in [0.15, 0.2) is 43.0 Å². The molecule has 1 saturated heterocycles. The van der Waals surface area contributed by atoms with Crippen molar-refractivity contribution in [2.75, 3.05) is 26.7 Å². The Hall–Kier alpha value is -1.85. The smallest absolute Gasteiger partial charge is 0.119 e. The van der Waals surface area contributed by atoms with E-state index in [0.29, 0.717) is 18.5 Å². The number of imidazole rings is 1. The van der Waals surface area contributed by atoms with E-state index in [4.69, 9.17) is 4.74 Å². The fraction of sp³-hybridized carbons (Fsp3) is 0.500. The number of aliphatic hydroxyl groups excluding tert-OH is 1. The van der Waals surface area contributed by atoms with Gasteiger partial charge in [-0.2, -0.15) is 0 Å². The maximum Gasteiger partial charge on any atom is 0.119 e. The molecule has 0 saturated carbocycles. The monoisotopic (exact) mass is 315 g/mol. The molecule has 0 bridgehead atoms. The third-order valence-corrected chi connectivity index (χ3v) is 4.82. The SMILES string of the molecule is COc1cccc(C(O)CN2CCC(C)C(n3ccnc3)C2)c1. The number of ether oxygens (including phenoxy) is 1. The molecule has 2 heterocycles. The second-order valence-electron chi connectivity index (χ2n) is 6.40. The number of likely N-dealkylation sites (tertiary alicyclic amines) is 1. The van der Waals surface area contributed by atoms with Crippen LogP contribution in [0.2, 0.25) is 0 Å². The van der Waals surface area contributed by atoms with E-state index < -0.39 is 6.10 Å². The van der Waals surface area contributed by atoms with Crippen LogP contribution in [-0.4, -0.2) is 46.3 Å². The Kier molecular flexibility index (Phi) is 4.98. The molecule has 3 unspecified atom stereocenters.